The molecule has 1 heterocycles. The van der Waals surface area contributed by atoms with Crippen LogP contribution in [-0.4, -0.2) is 0 Å². The molecular weight excluding hydrogens is 190 g/mol. The van der Waals surface area contributed by atoms with Crippen LogP contribution in [0.5, 0.6) is 0 Å². The van der Waals surface area contributed by atoms with Gasteiger partial charge in [-0.25, -0.2) is 0 Å². The van der Waals surface area contributed by atoms with Crippen molar-refractivity contribution in [1.29, 1.82) is 5.26 Å². The maximum Gasteiger partial charge on any atom is 0.0621 e. The fourth-order valence-electron chi connectivity index (χ4n) is 1.46. The van der Waals surface area contributed by atoms with Crippen molar-refractivity contribution >= 4 is 11.3 Å². The van der Waals surface area contributed by atoms with Gasteiger partial charge in [-0.1, -0.05) is 20.3 Å². The van der Waals surface area contributed by atoms with Crippen molar-refractivity contribution in [2.45, 2.75) is 45.4 Å². The summed E-state index contributed by atoms with van der Waals surface area (Å²) in [5.74, 6) is 0.547. The molecule has 1 aromatic heterocycles. The molecule has 14 heavy (non-hydrogen) atoms. The van der Waals surface area contributed by atoms with Crippen LogP contribution in [0.4, 0.5) is 0 Å². The minimum Gasteiger partial charge on any atom is -0.198 e. The predicted molar refractivity (Wildman–Crippen MR) is 61.6 cm³/mol. The van der Waals surface area contributed by atoms with E-state index in [0.717, 1.165) is 6.42 Å². The second-order valence-corrected chi connectivity index (χ2v) is 4.85. The number of rotatable bonds is 5. The van der Waals surface area contributed by atoms with Crippen molar-refractivity contribution in [3.8, 4) is 6.07 Å². The Kier molecular flexibility index (Phi) is 4.69. The molecule has 0 spiro atoms. The van der Waals surface area contributed by atoms with Gasteiger partial charge in [-0.15, -0.1) is 11.3 Å². The molecule has 1 aromatic rings. The Morgan fingerprint density at radius 1 is 1.50 bits per heavy atom. The zero-order chi connectivity index (χ0) is 10.4. The van der Waals surface area contributed by atoms with E-state index in [2.05, 4.69) is 32.0 Å². The lowest BCUT2D eigenvalue weighted by molar-refractivity contribution is 0.707. The van der Waals surface area contributed by atoms with E-state index in [1.54, 1.807) is 0 Å². The number of hydrogen-bond acceptors (Lipinski definition) is 2. The van der Waals surface area contributed by atoms with Gasteiger partial charge < -0.3 is 0 Å². The molecule has 2 heteroatoms. The molecule has 1 rings (SSSR count). The van der Waals surface area contributed by atoms with E-state index < -0.39 is 0 Å². The van der Waals surface area contributed by atoms with Gasteiger partial charge in [-0.2, -0.15) is 5.26 Å². The molecule has 1 unspecified atom stereocenters. The lowest BCUT2D eigenvalue weighted by Crippen LogP contribution is -1.88. The van der Waals surface area contributed by atoms with Crippen LogP contribution in [-0.2, 0) is 6.42 Å². The average molecular weight is 207 g/mol. The van der Waals surface area contributed by atoms with Crippen molar-refractivity contribution in [3.63, 3.8) is 0 Å². The van der Waals surface area contributed by atoms with E-state index in [9.17, 15) is 0 Å². The highest BCUT2D eigenvalue weighted by atomic mass is 32.1. The third kappa shape index (κ3) is 3.16. The molecule has 0 aliphatic heterocycles. The van der Waals surface area contributed by atoms with Gasteiger partial charge >= 0.3 is 0 Å². The van der Waals surface area contributed by atoms with Crippen LogP contribution in [0.25, 0.3) is 0 Å². The molecule has 0 aliphatic rings. The monoisotopic (exact) mass is 207 g/mol. The Bertz CT molecular complexity index is 308. The summed E-state index contributed by atoms with van der Waals surface area (Å²) in [6.07, 6.45) is 4.06. The van der Waals surface area contributed by atoms with E-state index in [-0.39, 0.29) is 0 Å². The molecule has 0 amide bonds. The van der Waals surface area contributed by atoms with Gasteiger partial charge in [0.1, 0.15) is 0 Å². The third-order valence-corrected chi connectivity index (χ3v) is 3.73. The average Bonchev–Trinajstić information content (AvgIpc) is 2.63. The summed E-state index contributed by atoms with van der Waals surface area (Å²) in [4.78, 5) is 2.91. The number of aryl methyl sites for hydroxylation is 1. The van der Waals surface area contributed by atoms with Crippen LogP contribution in [0.2, 0.25) is 0 Å². The Balaban J connectivity index is 2.53. The first kappa shape index (κ1) is 11.3. The number of hydrogen-bond donors (Lipinski definition) is 0. The quantitative estimate of drug-likeness (QED) is 0.713. The maximum absolute atomic E-state index is 8.50. The lowest BCUT2D eigenvalue weighted by atomic mass is 10.0. The Morgan fingerprint density at radius 2 is 2.29 bits per heavy atom. The first-order valence-electron chi connectivity index (χ1n) is 5.23. The molecule has 0 bridgehead atoms. The van der Waals surface area contributed by atoms with Gasteiger partial charge in [-0.3, -0.25) is 0 Å². The standard InChI is InChI=1S/C12H17NS/c1-3-5-11-7-8-12(14-11)10(2)6-4-9-13/h7-8,10H,3-6H2,1-2H3. The molecule has 0 fully saturated rings. The second-order valence-electron chi connectivity index (χ2n) is 3.65. The van der Waals surface area contributed by atoms with Crippen LogP contribution in [0.1, 0.15) is 48.8 Å². The smallest absolute Gasteiger partial charge is 0.0621 e. The van der Waals surface area contributed by atoms with E-state index in [1.807, 2.05) is 11.3 Å². The van der Waals surface area contributed by atoms with Crippen molar-refractivity contribution < 1.29 is 0 Å². The number of nitrogens with zero attached hydrogens (tertiary/aromatic N) is 1. The van der Waals surface area contributed by atoms with Gasteiger partial charge in [0.05, 0.1) is 6.07 Å². The van der Waals surface area contributed by atoms with Crippen LogP contribution < -0.4 is 0 Å². The first-order valence-corrected chi connectivity index (χ1v) is 6.05. The lowest BCUT2D eigenvalue weighted by Gasteiger charge is -2.04. The van der Waals surface area contributed by atoms with Crippen molar-refractivity contribution in [2.75, 3.05) is 0 Å². The van der Waals surface area contributed by atoms with Crippen LogP contribution in [0.15, 0.2) is 12.1 Å². The topological polar surface area (TPSA) is 23.8 Å². The Labute approximate surface area is 90.4 Å². The maximum atomic E-state index is 8.50. The third-order valence-electron chi connectivity index (χ3n) is 2.35. The Hall–Kier alpha value is -0.810. The van der Waals surface area contributed by atoms with Crippen molar-refractivity contribution in [3.05, 3.63) is 21.9 Å². The van der Waals surface area contributed by atoms with Crippen molar-refractivity contribution in [2.24, 2.45) is 0 Å². The molecule has 1 nitrogen and oxygen atoms in total. The van der Waals surface area contributed by atoms with E-state index in [1.165, 1.54) is 22.6 Å². The molecule has 1 atom stereocenters. The SMILES string of the molecule is CCCc1ccc(C(C)CCC#N)s1. The van der Waals surface area contributed by atoms with Crippen LogP contribution in [0, 0.1) is 11.3 Å². The number of nitriles is 1. The molecule has 0 aromatic carbocycles. The van der Waals surface area contributed by atoms with E-state index >= 15 is 0 Å². The minimum atomic E-state index is 0.547. The first-order chi connectivity index (χ1) is 6.77. The molecule has 0 radical (unpaired) electrons. The summed E-state index contributed by atoms with van der Waals surface area (Å²) in [6.45, 7) is 4.41. The van der Waals surface area contributed by atoms with Gasteiger partial charge in [0.25, 0.3) is 0 Å². The highest BCUT2D eigenvalue weighted by Gasteiger charge is 2.07. The fourth-order valence-corrected chi connectivity index (χ4v) is 2.66. The van der Waals surface area contributed by atoms with Crippen LogP contribution >= 0.6 is 11.3 Å². The highest BCUT2D eigenvalue weighted by molar-refractivity contribution is 7.12. The van der Waals surface area contributed by atoms with Gasteiger partial charge in [0, 0.05) is 16.2 Å². The normalized spacial score (nSPS) is 12.4. The summed E-state index contributed by atoms with van der Waals surface area (Å²) >= 11 is 1.91. The van der Waals surface area contributed by atoms with E-state index in [0.29, 0.717) is 12.3 Å². The summed E-state index contributed by atoms with van der Waals surface area (Å²) < 4.78 is 0. The predicted octanol–water partition coefficient (Wildman–Crippen LogP) is 4.11. The molecule has 0 saturated heterocycles. The van der Waals surface area contributed by atoms with Gasteiger partial charge in [0.2, 0.25) is 0 Å². The highest BCUT2D eigenvalue weighted by Crippen LogP contribution is 2.28. The summed E-state index contributed by atoms with van der Waals surface area (Å²) in [6, 6.07) is 6.65. The van der Waals surface area contributed by atoms with E-state index in [4.69, 9.17) is 5.26 Å². The minimum absolute atomic E-state index is 0.547. The molecular formula is C12H17NS. The molecule has 0 aliphatic carbocycles. The molecule has 0 saturated carbocycles. The summed E-state index contributed by atoms with van der Waals surface area (Å²) in [5.41, 5.74) is 0. The number of thiophene rings is 1. The zero-order valence-corrected chi connectivity index (χ0v) is 9.73. The Morgan fingerprint density at radius 3 is 2.93 bits per heavy atom. The summed E-state index contributed by atoms with van der Waals surface area (Å²) in [5, 5.41) is 8.50. The fraction of sp³-hybridized carbons (Fsp3) is 0.583. The second kappa shape index (κ2) is 5.82. The zero-order valence-electron chi connectivity index (χ0n) is 8.92. The van der Waals surface area contributed by atoms with Gasteiger partial charge in [-0.05, 0) is 30.9 Å². The molecule has 0 N–H and O–H groups in total. The largest absolute Gasteiger partial charge is 0.198 e. The van der Waals surface area contributed by atoms with Crippen LogP contribution in [0.3, 0.4) is 0 Å². The molecule has 76 valence electrons. The van der Waals surface area contributed by atoms with Gasteiger partial charge in [0.15, 0.2) is 0 Å². The van der Waals surface area contributed by atoms with Crippen molar-refractivity contribution in [1.82, 2.24) is 0 Å². The summed E-state index contributed by atoms with van der Waals surface area (Å²) in [7, 11) is 0.